The standard InChI is InChI=1S/C22H25NO4/c1-14(2)12-20(21(24)26-3)23-22(25)27-13-19-17-10-6-4-8-15(17)16-9-5-7-11-18(16)19/h4-11,14,19-20H,12-13H2,1-3H3,(H,23,25)/t20-/m0/s1. The first-order valence-electron chi connectivity index (χ1n) is 9.20. The normalized spacial score (nSPS) is 13.6. The quantitative estimate of drug-likeness (QED) is 0.780. The Kier molecular flexibility index (Phi) is 5.79. The van der Waals surface area contributed by atoms with Gasteiger partial charge in [-0.3, -0.25) is 0 Å². The number of fused-ring (bicyclic) bond motifs is 3. The molecule has 1 aliphatic carbocycles. The summed E-state index contributed by atoms with van der Waals surface area (Å²) in [4.78, 5) is 24.2. The number of ether oxygens (including phenoxy) is 2. The van der Waals surface area contributed by atoms with Gasteiger partial charge in [-0.15, -0.1) is 0 Å². The highest BCUT2D eigenvalue weighted by Gasteiger charge is 2.30. The number of carbonyl (C=O) groups is 2. The Morgan fingerprint density at radius 1 is 1.00 bits per heavy atom. The third-order valence-corrected chi connectivity index (χ3v) is 4.83. The maximum absolute atomic E-state index is 12.3. The van der Waals surface area contributed by atoms with Crippen LogP contribution in [-0.2, 0) is 14.3 Å². The van der Waals surface area contributed by atoms with Crippen LogP contribution in [0.25, 0.3) is 11.1 Å². The van der Waals surface area contributed by atoms with E-state index < -0.39 is 18.1 Å². The summed E-state index contributed by atoms with van der Waals surface area (Å²) in [6.45, 7) is 4.18. The van der Waals surface area contributed by atoms with Crippen molar-refractivity contribution in [3.63, 3.8) is 0 Å². The maximum Gasteiger partial charge on any atom is 0.407 e. The predicted molar refractivity (Wildman–Crippen MR) is 103 cm³/mol. The first-order chi connectivity index (χ1) is 13.0. The van der Waals surface area contributed by atoms with Crippen LogP contribution in [0.2, 0.25) is 0 Å². The minimum Gasteiger partial charge on any atom is -0.467 e. The molecule has 1 aliphatic rings. The molecule has 2 aromatic rings. The van der Waals surface area contributed by atoms with Crippen LogP contribution >= 0.6 is 0 Å². The Balaban J connectivity index is 1.69. The van der Waals surface area contributed by atoms with Crippen molar-refractivity contribution in [3.05, 3.63) is 59.7 Å². The van der Waals surface area contributed by atoms with Gasteiger partial charge in [0, 0.05) is 5.92 Å². The highest BCUT2D eigenvalue weighted by atomic mass is 16.6. The van der Waals surface area contributed by atoms with Crippen LogP contribution in [0.1, 0.15) is 37.3 Å². The lowest BCUT2D eigenvalue weighted by Crippen LogP contribution is -2.42. The summed E-state index contributed by atoms with van der Waals surface area (Å²) in [7, 11) is 1.31. The van der Waals surface area contributed by atoms with Crippen LogP contribution in [0.15, 0.2) is 48.5 Å². The Morgan fingerprint density at radius 3 is 2.07 bits per heavy atom. The van der Waals surface area contributed by atoms with E-state index >= 15 is 0 Å². The molecule has 0 fully saturated rings. The number of rotatable bonds is 6. The second kappa shape index (κ2) is 8.25. The molecular weight excluding hydrogens is 342 g/mol. The smallest absolute Gasteiger partial charge is 0.407 e. The van der Waals surface area contributed by atoms with Gasteiger partial charge in [-0.05, 0) is 34.6 Å². The molecule has 1 amide bonds. The van der Waals surface area contributed by atoms with E-state index in [0.717, 1.165) is 11.1 Å². The number of carbonyl (C=O) groups excluding carboxylic acids is 2. The number of methoxy groups -OCH3 is 1. The second-order valence-electron chi connectivity index (χ2n) is 7.18. The average Bonchev–Trinajstić information content (AvgIpc) is 2.99. The molecule has 0 unspecified atom stereocenters. The summed E-state index contributed by atoms with van der Waals surface area (Å²) in [5.41, 5.74) is 4.65. The third-order valence-electron chi connectivity index (χ3n) is 4.83. The molecule has 5 heteroatoms. The second-order valence-corrected chi connectivity index (χ2v) is 7.18. The highest BCUT2D eigenvalue weighted by Crippen LogP contribution is 2.44. The molecule has 1 N–H and O–H groups in total. The van der Waals surface area contributed by atoms with Crippen molar-refractivity contribution in [3.8, 4) is 11.1 Å². The Morgan fingerprint density at radius 2 is 1.56 bits per heavy atom. The molecule has 0 heterocycles. The lowest BCUT2D eigenvalue weighted by molar-refractivity contribution is -0.143. The van der Waals surface area contributed by atoms with Crippen molar-refractivity contribution in [1.82, 2.24) is 5.32 Å². The molecule has 0 radical (unpaired) electrons. The molecule has 0 saturated carbocycles. The van der Waals surface area contributed by atoms with E-state index in [0.29, 0.717) is 6.42 Å². The first kappa shape index (κ1) is 19.0. The van der Waals surface area contributed by atoms with Crippen LogP contribution in [0, 0.1) is 5.92 Å². The fourth-order valence-corrected chi connectivity index (χ4v) is 3.61. The summed E-state index contributed by atoms with van der Waals surface area (Å²) in [6.07, 6.45) is -0.107. The van der Waals surface area contributed by atoms with E-state index in [1.165, 1.54) is 18.2 Å². The maximum atomic E-state index is 12.3. The molecule has 0 aromatic heterocycles. The largest absolute Gasteiger partial charge is 0.467 e. The van der Waals surface area contributed by atoms with Gasteiger partial charge >= 0.3 is 12.1 Å². The van der Waals surface area contributed by atoms with Crippen LogP contribution in [0.3, 0.4) is 0 Å². The van der Waals surface area contributed by atoms with E-state index in [1.807, 2.05) is 38.1 Å². The van der Waals surface area contributed by atoms with Crippen LogP contribution in [-0.4, -0.2) is 31.8 Å². The summed E-state index contributed by atoms with van der Waals surface area (Å²) < 4.78 is 10.3. The lowest BCUT2D eigenvalue weighted by atomic mass is 9.98. The fraction of sp³-hybridized carbons (Fsp3) is 0.364. The topological polar surface area (TPSA) is 64.6 Å². The molecule has 0 bridgehead atoms. The Hall–Kier alpha value is -2.82. The fourth-order valence-electron chi connectivity index (χ4n) is 3.61. The third kappa shape index (κ3) is 4.13. The van der Waals surface area contributed by atoms with Crippen LogP contribution < -0.4 is 5.32 Å². The lowest BCUT2D eigenvalue weighted by Gasteiger charge is -2.19. The average molecular weight is 367 g/mol. The number of esters is 1. The molecule has 0 saturated heterocycles. The van der Waals surface area contributed by atoms with Crippen molar-refractivity contribution >= 4 is 12.1 Å². The summed E-state index contributed by atoms with van der Waals surface area (Å²) >= 11 is 0. The number of amides is 1. The molecular formula is C22H25NO4. The minimum atomic E-state index is -0.703. The number of benzene rings is 2. The molecule has 1 atom stereocenters. The zero-order valence-electron chi connectivity index (χ0n) is 15.9. The zero-order valence-corrected chi connectivity index (χ0v) is 15.9. The summed E-state index contributed by atoms with van der Waals surface area (Å²) in [6, 6.07) is 15.6. The van der Waals surface area contributed by atoms with Gasteiger partial charge in [0.2, 0.25) is 0 Å². The molecule has 27 heavy (non-hydrogen) atoms. The summed E-state index contributed by atoms with van der Waals surface area (Å²) in [5.74, 6) is -0.231. The van der Waals surface area contributed by atoms with Gasteiger partial charge in [-0.1, -0.05) is 62.4 Å². The number of hydrogen-bond acceptors (Lipinski definition) is 4. The van der Waals surface area contributed by atoms with E-state index in [2.05, 4.69) is 29.6 Å². The number of hydrogen-bond donors (Lipinski definition) is 1. The molecule has 0 spiro atoms. The van der Waals surface area contributed by atoms with E-state index in [9.17, 15) is 9.59 Å². The van der Waals surface area contributed by atoms with E-state index in [-0.39, 0.29) is 18.4 Å². The number of alkyl carbamates (subject to hydrolysis) is 1. The van der Waals surface area contributed by atoms with Gasteiger partial charge in [0.1, 0.15) is 12.6 Å². The Labute approximate surface area is 159 Å². The first-order valence-corrected chi connectivity index (χ1v) is 9.20. The van der Waals surface area contributed by atoms with Crippen LogP contribution in [0.5, 0.6) is 0 Å². The SMILES string of the molecule is COC(=O)[C@H](CC(C)C)NC(=O)OCC1c2ccccc2-c2ccccc21. The molecule has 0 aliphatic heterocycles. The molecule has 3 rings (SSSR count). The number of nitrogens with one attached hydrogen (secondary N) is 1. The van der Waals surface area contributed by atoms with Gasteiger partial charge < -0.3 is 14.8 Å². The Bertz CT molecular complexity index is 785. The van der Waals surface area contributed by atoms with Gasteiger partial charge in [0.15, 0.2) is 0 Å². The summed E-state index contributed by atoms with van der Waals surface area (Å²) in [5, 5.41) is 2.64. The van der Waals surface area contributed by atoms with Gasteiger partial charge in [-0.2, -0.15) is 0 Å². The van der Waals surface area contributed by atoms with Crippen molar-refractivity contribution in [2.45, 2.75) is 32.2 Å². The molecule has 142 valence electrons. The van der Waals surface area contributed by atoms with Gasteiger partial charge in [0.05, 0.1) is 7.11 Å². The minimum absolute atomic E-state index is 0.00942. The van der Waals surface area contributed by atoms with Crippen molar-refractivity contribution in [2.24, 2.45) is 5.92 Å². The van der Waals surface area contributed by atoms with Crippen molar-refractivity contribution < 1.29 is 19.1 Å². The zero-order chi connectivity index (χ0) is 19.4. The predicted octanol–water partition coefficient (Wildman–Crippen LogP) is 4.11. The monoisotopic (exact) mass is 367 g/mol. The van der Waals surface area contributed by atoms with E-state index in [4.69, 9.17) is 9.47 Å². The highest BCUT2D eigenvalue weighted by molar-refractivity contribution is 5.82. The van der Waals surface area contributed by atoms with Crippen molar-refractivity contribution in [1.29, 1.82) is 0 Å². The van der Waals surface area contributed by atoms with Crippen molar-refractivity contribution in [2.75, 3.05) is 13.7 Å². The van der Waals surface area contributed by atoms with Crippen LogP contribution in [0.4, 0.5) is 4.79 Å². The molecule has 5 nitrogen and oxygen atoms in total. The molecule has 2 aromatic carbocycles. The van der Waals surface area contributed by atoms with Gasteiger partial charge in [0.25, 0.3) is 0 Å². The van der Waals surface area contributed by atoms with E-state index in [1.54, 1.807) is 0 Å². The van der Waals surface area contributed by atoms with Gasteiger partial charge in [-0.25, -0.2) is 9.59 Å².